The second-order valence-corrected chi connectivity index (χ2v) is 16.8. The molecule has 1 saturated carbocycles. The molecule has 1 fully saturated rings. The van der Waals surface area contributed by atoms with E-state index in [1.807, 2.05) is 6.92 Å². The van der Waals surface area contributed by atoms with Crippen molar-refractivity contribution >= 4 is 11.7 Å². The zero-order valence-electron chi connectivity index (χ0n) is 34.7. The van der Waals surface area contributed by atoms with Gasteiger partial charge in [-0.15, -0.1) is 0 Å². The molecule has 0 aromatic rings. The van der Waals surface area contributed by atoms with E-state index in [9.17, 15) is 9.59 Å². The highest BCUT2D eigenvalue weighted by Gasteiger charge is 2.36. The van der Waals surface area contributed by atoms with Gasteiger partial charge in [0.05, 0.1) is 0 Å². The summed E-state index contributed by atoms with van der Waals surface area (Å²) in [5, 5.41) is 6.67. The minimum absolute atomic E-state index is 0.249. The van der Waals surface area contributed by atoms with Gasteiger partial charge in [0, 0.05) is 31.8 Å². The number of amides is 1. The van der Waals surface area contributed by atoms with Gasteiger partial charge in [0.1, 0.15) is 5.78 Å². The average molecular weight is 703 g/mol. The van der Waals surface area contributed by atoms with Crippen LogP contribution < -0.4 is 10.6 Å². The first-order chi connectivity index (χ1) is 24.4. The Balaban J connectivity index is 2.51. The summed E-state index contributed by atoms with van der Waals surface area (Å²) in [6.45, 7) is 13.0. The van der Waals surface area contributed by atoms with E-state index >= 15 is 0 Å². The third kappa shape index (κ3) is 26.0. The van der Waals surface area contributed by atoms with Gasteiger partial charge in [-0.25, -0.2) is 0 Å². The van der Waals surface area contributed by atoms with Gasteiger partial charge in [-0.1, -0.05) is 163 Å². The molecular formula is C46H90N2O2. The summed E-state index contributed by atoms with van der Waals surface area (Å²) in [6, 6.07) is 0.592. The lowest BCUT2D eigenvalue weighted by molar-refractivity contribution is -0.121. The third-order valence-electron chi connectivity index (χ3n) is 12.3. The molecule has 50 heavy (non-hydrogen) atoms. The van der Waals surface area contributed by atoms with Crippen molar-refractivity contribution in [2.45, 2.75) is 246 Å². The average Bonchev–Trinajstić information content (AvgIpc) is 3.12. The summed E-state index contributed by atoms with van der Waals surface area (Å²) in [5.41, 5.74) is 0. The fourth-order valence-electron chi connectivity index (χ4n) is 8.80. The number of carbonyl (C=O) groups is 2. The highest BCUT2D eigenvalue weighted by molar-refractivity contribution is 5.77. The summed E-state index contributed by atoms with van der Waals surface area (Å²) in [6.07, 6.45) is 41.3. The van der Waals surface area contributed by atoms with Crippen LogP contribution in [-0.4, -0.2) is 30.8 Å². The topological polar surface area (TPSA) is 58.2 Å². The quantitative estimate of drug-likeness (QED) is 0.0639. The molecule has 2 N–H and O–H groups in total. The third-order valence-corrected chi connectivity index (χ3v) is 12.3. The van der Waals surface area contributed by atoms with Crippen molar-refractivity contribution in [2.24, 2.45) is 23.7 Å². The number of hydrogen-bond donors (Lipinski definition) is 2. The molecule has 5 atom stereocenters. The van der Waals surface area contributed by atoms with Crippen molar-refractivity contribution in [3.8, 4) is 0 Å². The molecular weight excluding hydrogens is 613 g/mol. The van der Waals surface area contributed by atoms with Gasteiger partial charge < -0.3 is 10.6 Å². The highest BCUT2D eigenvalue weighted by Crippen LogP contribution is 2.47. The number of rotatable bonds is 36. The van der Waals surface area contributed by atoms with Gasteiger partial charge in [-0.3, -0.25) is 9.59 Å². The SMILES string of the molecule is CCCCCCCC1CC(CCCCCC)CC(CCCCCCCC(=O)CC)C1CCCCCCCCC(=O)NCCCCNC(C)CC. The number of carbonyl (C=O) groups excluding carboxylic acids is 2. The van der Waals surface area contributed by atoms with Crippen LogP contribution >= 0.6 is 0 Å². The van der Waals surface area contributed by atoms with Crippen LogP contribution in [0.5, 0.6) is 0 Å². The van der Waals surface area contributed by atoms with Crippen LogP contribution in [0.3, 0.4) is 0 Å². The van der Waals surface area contributed by atoms with Gasteiger partial charge in [-0.05, 0) is 88.5 Å². The Morgan fingerprint density at radius 2 is 1.02 bits per heavy atom. The van der Waals surface area contributed by atoms with E-state index in [4.69, 9.17) is 0 Å². The second-order valence-electron chi connectivity index (χ2n) is 16.8. The molecule has 296 valence electrons. The fraction of sp³-hybridized carbons (Fsp3) is 0.957. The molecule has 0 bridgehead atoms. The molecule has 0 heterocycles. The van der Waals surface area contributed by atoms with Crippen molar-refractivity contribution in [3.05, 3.63) is 0 Å². The van der Waals surface area contributed by atoms with Gasteiger partial charge in [0.15, 0.2) is 0 Å². The Labute approximate surface area is 314 Å². The van der Waals surface area contributed by atoms with Crippen LogP contribution in [0.4, 0.5) is 0 Å². The Morgan fingerprint density at radius 1 is 0.540 bits per heavy atom. The second kappa shape index (κ2) is 33.9. The lowest BCUT2D eigenvalue weighted by atomic mass is 9.62. The molecule has 0 aromatic carbocycles. The lowest BCUT2D eigenvalue weighted by Gasteiger charge is -2.43. The maximum atomic E-state index is 12.3. The zero-order valence-corrected chi connectivity index (χ0v) is 34.7. The molecule has 0 aromatic heterocycles. The predicted octanol–water partition coefficient (Wildman–Crippen LogP) is 13.7. The minimum atomic E-state index is 0.249. The van der Waals surface area contributed by atoms with E-state index in [0.717, 1.165) is 68.9 Å². The summed E-state index contributed by atoms with van der Waals surface area (Å²) in [4.78, 5) is 24.0. The molecule has 5 unspecified atom stereocenters. The van der Waals surface area contributed by atoms with Crippen LogP contribution in [0.1, 0.15) is 240 Å². The van der Waals surface area contributed by atoms with Crippen LogP contribution in [0.15, 0.2) is 0 Å². The van der Waals surface area contributed by atoms with Gasteiger partial charge in [-0.2, -0.15) is 0 Å². The molecule has 4 nitrogen and oxygen atoms in total. The van der Waals surface area contributed by atoms with Crippen molar-refractivity contribution in [3.63, 3.8) is 0 Å². The molecule has 0 aliphatic heterocycles. The van der Waals surface area contributed by atoms with Crippen LogP contribution in [0.2, 0.25) is 0 Å². The van der Waals surface area contributed by atoms with Crippen LogP contribution in [0.25, 0.3) is 0 Å². The van der Waals surface area contributed by atoms with Crippen molar-refractivity contribution in [1.29, 1.82) is 0 Å². The molecule has 1 aliphatic carbocycles. The summed E-state index contributed by atoms with van der Waals surface area (Å²) in [5.74, 6) is 4.51. The Kier molecular flexibility index (Phi) is 32.0. The van der Waals surface area contributed by atoms with Crippen molar-refractivity contribution in [2.75, 3.05) is 13.1 Å². The maximum Gasteiger partial charge on any atom is 0.219 e. The predicted molar refractivity (Wildman–Crippen MR) is 220 cm³/mol. The molecule has 0 radical (unpaired) electrons. The number of nitrogens with one attached hydrogen (secondary N) is 2. The smallest absolute Gasteiger partial charge is 0.219 e. The van der Waals surface area contributed by atoms with Crippen molar-refractivity contribution in [1.82, 2.24) is 10.6 Å². The zero-order chi connectivity index (χ0) is 36.5. The van der Waals surface area contributed by atoms with E-state index in [1.54, 1.807) is 0 Å². The standard InChI is InChI=1S/C46H90N2O2/c1-6-10-12-17-23-31-42-38-41(30-22-13-11-7-2)39-43(32-24-18-16-19-25-33-44(49)9-4)45(42)34-26-20-14-15-21-27-35-46(50)48-37-29-28-36-47-40(5)8-3/h40-43,45,47H,6-39H2,1-5H3,(H,48,50). The Hall–Kier alpha value is -0.900. The van der Waals surface area contributed by atoms with Crippen LogP contribution in [0, 0.1) is 23.7 Å². The lowest BCUT2D eigenvalue weighted by Crippen LogP contribution is -2.33. The Bertz CT molecular complexity index is 769. The first-order valence-corrected chi connectivity index (χ1v) is 23.0. The van der Waals surface area contributed by atoms with Gasteiger partial charge in [0.25, 0.3) is 0 Å². The van der Waals surface area contributed by atoms with E-state index in [0.29, 0.717) is 24.7 Å². The molecule has 0 spiro atoms. The number of hydrogen-bond acceptors (Lipinski definition) is 3. The Morgan fingerprint density at radius 3 is 1.60 bits per heavy atom. The van der Waals surface area contributed by atoms with Gasteiger partial charge in [0.2, 0.25) is 5.91 Å². The van der Waals surface area contributed by atoms with E-state index in [1.165, 1.54) is 161 Å². The normalized spacial score (nSPS) is 19.9. The monoisotopic (exact) mass is 703 g/mol. The number of Topliss-reactive ketones (excluding diaryl/α,β-unsaturated/α-hetero) is 1. The first-order valence-electron chi connectivity index (χ1n) is 23.0. The van der Waals surface area contributed by atoms with E-state index < -0.39 is 0 Å². The first kappa shape index (κ1) is 47.1. The van der Waals surface area contributed by atoms with Gasteiger partial charge >= 0.3 is 0 Å². The molecule has 1 aliphatic rings. The maximum absolute atomic E-state index is 12.3. The molecule has 1 rings (SSSR count). The summed E-state index contributed by atoms with van der Waals surface area (Å²) in [7, 11) is 0. The fourth-order valence-corrected chi connectivity index (χ4v) is 8.80. The summed E-state index contributed by atoms with van der Waals surface area (Å²) >= 11 is 0. The number of unbranched alkanes of at least 4 members (excludes halogenated alkanes) is 17. The molecule has 0 saturated heterocycles. The molecule has 1 amide bonds. The van der Waals surface area contributed by atoms with Crippen LogP contribution in [-0.2, 0) is 9.59 Å². The minimum Gasteiger partial charge on any atom is -0.356 e. The molecule has 4 heteroatoms. The van der Waals surface area contributed by atoms with E-state index in [2.05, 4.69) is 38.3 Å². The largest absolute Gasteiger partial charge is 0.356 e. The number of ketones is 1. The highest BCUT2D eigenvalue weighted by atomic mass is 16.1. The summed E-state index contributed by atoms with van der Waals surface area (Å²) < 4.78 is 0. The van der Waals surface area contributed by atoms with Crippen molar-refractivity contribution < 1.29 is 9.59 Å². The van der Waals surface area contributed by atoms with E-state index in [-0.39, 0.29) is 5.91 Å².